The minimum Gasteiger partial charge on any atom is -0.388 e. The molecule has 1 aromatic carbocycles. The monoisotopic (exact) mass is 191 g/mol. The summed E-state index contributed by atoms with van der Waals surface area (Å²) < 4.78 is 0. The predicted molar refractivity (Wildman–Crippen MR) is 57.0 cm³/mol. The number of rotatable bonds is 3. The number of aliphatic hydroxyl groups is 1. The van der Waals surface area contributed by atoms with Crippen LogP contribution in [0.4, 0.5) is 0 Å². The van der Waals surface area contributed by atoms with Crippen molar-refractivity contribution in [2.24, 2.45) is 0 Å². The van der Waals surface area contributed by atoms with Gasteiger partial charge < -0.3 is 10.4 Å². The smallest absolute Gasteiger partial charge is 0.0841 e. The van der Waals surface area contributed by atoms with Crippen molar-refractivity contribution < 1.29 is 5.11 Å². The second kappa shape index (κ2) is 3.71. The highest BCUT2D eigenvalue weighted by atomic mass is 16.3. The number of benzene rings is 1. The summed E-state index contributed by atoms with van der Waals surface area (Å²) in [5.74, 6) is 0. The predicted octanol–water partition coefficient (Wildman–Crippen LogP) is 1.86. The van der Waals surface area contributed by atoms with E-state index in [2.05, 4.69) is 17.4 Å². The first kappa shape index (κ1) is 9.69. The first-order chi connectivity index (χ1) is 6.76. The van der Waals surface area contributed by atoms with E-state index in [1.807, 2.05) is 25.2 Å². The summed E-state index contributed by atoms with van der Waals surface area (Å²) in [4.78, 5) is 0. The Morgan fingerprint density at radius 3 is 2.36 bits per heavy atom. The Morgan fingerprint density at radius 1 is 1.29 bits per heavy atom. The average molecular weight is 191 g/mol. The van der Waals surface area contributed by atoms with Gasteiger partial charge in [-0.2, -0.15) is 0 Å². The van der Waals surface area contributed by atoms with Crippen LogP contribution >= 0.6 is 0 Å². The van der Waals surface area contributed by atoms with Crippen LogP contribution in [0.1, 0.15) is 30.9 Å². The molecule has 1 aliphatic rings. The summed E-state index contributed by atoms with van der Waals surface area (Å²) in [6.45, 7) is 0. The summed E-state index contributed by atoms with van der Waals surface area (Å²) >= 11 is 0. The quantitative estimate of drug-likeness (QED) is 0.764. The third-order valence-electron chi connectivity index (χ3n) is 3.18. The number of nitrogens with one attached hydrogen (secondary N) is 1. The van der Waals surface area contributed by atoms with Gasteiger partial charge in [-0.25, -0.2) is 0 Å². The molecule has 2 rings (SSSR count). The van der Waals surface area contributed by atoms with Crippen LogP contribution in [-0.4, -0.2) is 17.8 Å². The van der Waals surface area contributed by atoms with E-state index in [1.165, 1.54) is 5.56 Å². The first-order valence-corrected chi connectivity index (χ1v) is 5.21. The van der Waals surface area contributed by atoms with Gasteiger partial charge >= 0.3 is 0 Å². The van der Waals surface area contributed by atoms with Gasteiger partial charge in [-0.3, -0.25) is 0 Å². The van der Waals surface area contributed by atoms with Crippen LogP contribution in [0.2, 0.25) is 0 Å². The Hall–Kier alpha value is -0.860. The first-order valence-electron chi connectivity index (χ1n) is 5.21. The Kier molecular flexibility index (Phi) is 2.57. The van der Waals surface area contributed by atoms with Gasteiger partial charge in [0.05, 0.1) is 11.6 Å². The number of likely N-dealkylation sites (N-methyl/N-ethyl adjacent to an activating group) is 1. The van der Waals surface area contributed by atoms with Crippen molar-refractivity contribution >= 4 is 0 Å². The van der Waals surface area contributed by atoms with Gasteiger partial charge in [-0.05, 0) is 31.9 Å². The Balaban J connectivity index is 2.22. The maximum atomic E-state index is 10.3. The average Bonchev–Trinajstić information content (AvgIpc) is 2.18. The van der Waals surface area contributed by atoms with Gasteiger partial charge in [0.25, 0.3) is 0 Å². The molecular formula is C12H17NO. The van der Waals surface area contributed by atoms with Gasteiger partial charge in [-0.15, -0.1) is 0 Å². The highest BCUT2D eigenvalue weighted by Crippen LogP contribution is 2.41. The molecule has 0 radical (unpaired) electrons. The van der Waals surface area contributed by atoms with E-state index in [0.29, 0.717) is 0 Å². The van der Waals surface area contributed by atoms with Gasteiger partial charge in [0.2, 0.25) is 0 Å². The summed E-state index contributed by atoms with van der Waals surface area (Å²) in [6, 6.07) is 10.2. The highest BCUT2D eigenvalue weighted by Gasteiger charge is 2.42. The summed E-state index contributed by atoms with van der Waals surface area (Å²) in [7, 11) is 1.91. The molecular weight excluding hydrogens is 174 g/mol. The Morgan fingerprint density at radius 2 is 1.93 bits per heavy atom. The largest absolute Gasteiger partial charge is 0.388 e. The van der Waals surface area contributed by atoms with E-state index < -0.39 is 5.60 Å². The molecule has 1 unspecified atom stereocenters. The molecule has 2 heteroatoms. The number of hydrogen-bond donors (Lipinski definition) is 2. The van der Waals surface area contributed by atoms with Crippen LogP contribution in [-0.2, 0) is 0 Å². The van der Waals surface area contributed by atoms with Gasteiger partial charge in [0.1, 0.15) is 0 Å². The van der Waals surface area contributed by atoms with Crippen LogP contribution < -0.4 is 5.32 Å². The van der Waals surface area contributed by atoms with Crippen LogP contribution in [0.15, 0.2) is 30.3 Å². The van der Waals surface area contributed by atoms with Crippen molar-refractivity contribution in [2.75, 3.05) is 7.05 Å². The van der Waals surface area contributed by atoms with E-state index in [0.717, 1.165) is 19.3 Å². The van der Waals surface area contributed by atoms with Crippen LogP contribution in [0.5, 0.6) is 0 Å². The lowest BCUT2D eigenvalue weighted by Crippen LogP contribution is -2.48. The van der Waals surface area contributed by atoms with Crippen LogP contribution in [0.25, 0.3) is 0 Å². The fourth-order valence-corrected chi connectivity index (χ4v) is 2.22. The lowest BCUT2D eigenvalue weighted by Gasteiger charge is -2.43. The molecule has 14 heavy (non-hydrogen) atoms. The zero-order chi connectivity index (χ0) is 10.0. The maximum Gasteiger partial charge on any atom is 0.0841 e. The van der Waals surface area contributed by atoms with E-state index >= 15 is 0 Å². The van der Waals surface area contributed by atoms with Crippen molar-refractivity contribution in [3.8, 4) is 0 Å². The van der Waals surface area contributed by atoms with E-state index in [9.17, 15) is 5.11 Å². The molecule has 2 N–H and O–H groups in total. The maximum absolute atomic E-state index is 10.3. The van der Waals surface area contributed by atoms with Crippen molar-refractivity contribution in [2.45, 2.75) is 30.9 Å². The molecule has 2 nitrogen and oxygen atoms in total. The molecule has 0 aliphatic heterocycles. The second-order valence-electron chi connectivity index (χ2n) is 4.09. The zero-order valence-electron chi connectivity index (χ0n) is 8.53. The van der Waals surface area contributed by atoms with Crippen molar-refractivity contribution in [3.05, 3.63) is 35.9 Å². The molecule has 0 bridgehead atoms. The molecule has 0 spiro atoms. The molecule has 1 aliphatic carbocycles. The minimum absolute atomic E-state index is 0.0810. The second-order valence-corrected chi connectivity index (χ2v) is 4.09. The fraction of sp³-hybridized carbons (Fsp3) is 0.500. The van der Waals surface area contributed by atoms with E-state index in [-0.39, 0.29) is 6.04 Å². The molecule has 1 saturated carbocycles. The normalized spacial score (nSPS) is 21.3. The third kappa shape index (κ3) is 1.56. The summed E-state index contributed by atoms with van der Waals surface area (Å²) in [5, 5.41) is 13.5. The Bertz CT molecular complexity index is 292. The topological polar surface area (TPSA) is 32.3 Å². The molecule has 0 saturated heterocycles. The van der Waals surface area contributed by atoms with Gasteiger partial charge in [0.15, 0.2) is 0 Å². The lowest BCUT2D eigenvalue weighted by atomic mass is 9.72. The fourth-order valence-electron chi connectivity index (χ4n) is 2.22. The lowest BCUT2D eigenvalue weighted by molar-refractivity contribution is -0.0644. The molecule has 0 amide bonds. The molecule has 0 aromatic heterocycles. The van der Waals surface area contributed by atoms with Crippen molar-refractivity contribution in [3.63, 3.8) is 0 Å². The molecule has 1 aromatic rings. The standard InChI is InChI=1S/C12H17NO/c1-13-11(12(14)8-5-9-12)10-6-3-2-4-7-10/h2-4,6-7,11,13-14H,5,8-9H2,1H3. The third-order valence-corrected chi connectivity index (χ3v) is 3.18. The molecule has 1 fully saturated rings. The zero-order valence-corrected chi connectivity index (χ0v) is 8.53. The SMILES string of the molecule is CNC(c1ccccc1)C1(O)CCC1. The van der Waals surface area contributed by atoms with E-state index in [4.69, 9.17) is 0 Å². The van der Waals surface area contributed by atoms with Gasteiger partial charge in [-0.1, -0.05) is 30.3 Å². The van der Waals surface area contributed by atoms with Gasteiger partial charge in [0, 0.05) is 0 Å². The van der Waals surface area contributed by atoms with Crippen molar-refractivity contribution in [1.29, 1.82) is 0 Å². The van der Waals surface area contributed by atoms with Crippen LogP contribution in [0.3, 0.4) is 0 Å². The molecule has 76 valence electrons. The number of hydrogen-bond acceptors (Lipinski definition) is 2. The summed E-state index contributed by atoms with van der Waals surface area (Å²) in [5.41, 5.74) is 0.660. The molecule has 0 heterocycles. The van der Waals surface area contributed by atoms with Crippen LogP contribution in [0, 0.1) is 0 Å². The van der Waals surface area contributed by atoms with E-state index in [1.54, 1.807) is 0 Å². The minimum atomic E-state index is -0.518. The molecule has 1 atom stereocenters. The summed E-state index contributed by atoms with van der Waals surface area (Å²) in [6.07, 6.45) is 2.96. The highest BCUT2D eigenvalue weighted by molar-refractivity contribution is 5.23. The van der Waals surface area contributed by atoms with Crippen molar-refractivity contribution in [1.82, 2.24) is 5.32 Å². The Labute approximate surface area is 85.0 Å².